The fraction of sp³-hybridized carbons (Fsp3) is 0.667. The summed E-state index contributed by atoms with van der Waals surface area (Å²) in [7, 11) is 1.90. The van der Waals surface area contributed by atoms with Crippen LogP contribution in [0.3, 0.4) is 0 Å². The number of amides is 1. The summed E-state index contributed by atoms with van der Waals surface area (Å²) in [6.45, 7) is 6.59. The molecule has 1 saturated heterocycles. The van der Waals surface area contributed by atoms with Crippen LogP contribution in [0.25, 0.3) is 0 Å². The summed E-state index contributed by atoms with van der Waals surface area (Å²) in [4.78, 5) is 16.1. The van der Waals surface area contributed by atoms with Crippen molar-refractivity contribution in [2.45, 2.75) is 19.4 Å². The van der Waals surface area contributed by atoms with Crippen LogP contribution in [0.5, 0.6) is 0 Å². The van der Waals surface area contributed by atoms with Crippen molar-refractivity contribution in [1.29, 1.82) is 0 Å². The minimum atomic E-state index is -0.781. The Balaban J connectivity index is 0.00000180. The van der Waals surface area contributed by atoms with Gasteiger partial charge in [-0.25, -0.2) is 0 Å². The second-order valence-corrected chi connectivity index (χ2v) is 5.37. The molecule has 2 N–H and O–H groups in total. The van der Waals surface area contributed by atoms with Crippen LogP contribution in [0.4, 0.5) is 5.69 Å². The number of halogens is 2. The lowest BCUT2D eigenvalue weighted by molar-refractivity contribution is -0.136. The van der Waals surface area contributed by atoms with Gasteiger partial charge in [0.15, 0.2) is 0 Å². The first kappa shape index (κ1) is 19.0. The van der Waals surface area contributed by atoms with Gasteiger partial charge in [0.1, 0.15) is 0 Å². The van der Waals surface area contributed by atoms with Crippen LogP contribution in [0.2, 0.25) is 0 Å². The molecule has 0 aliphatic carbocycles. The molecule has 0 radical (unpaired) electrons. The van der Waals surface area contributed by atoms with Crippen LogP contribution in [0.1, 0.15) is 13.8 Å². The van der Waals surface area contributed by atoms with Gasteiger partial charge in [-0.3, -0.25) is 9.48 Å². The first-order valence-electron chi connectivity index (χ1n) is 6.20. The number of anilines is 1. The smallest absolute Gasteiger partial charge is 0.242 e. The van der Waals surface area contributed by atoms with Crippen LogP contribution >= 0.6 is 24.8 Å². The lowest BCUT2D eigenvalue weighted by Gasteiger charge is -2.37. The molecule has 2 rings (SSSR count). The Labute approximate surface area is 132 Å². The predicted molar refractivity (Wildman–Crippen MR) is 84.8 cm³/mol. The van der Waals surface area contributed by atoms with Crippen LogP contribution in [-0.4, -0.2) is 52.3 Å². The average molecular weight is 324 g/mol. The first-order chi connectivity index (χ1) is 8.38. The molecule has 1 aliphatic rings. The van der Waals surface area contributed by atoms with Crippen LogP contribution in [0, 0.1) is 0 Å². The first-order valence-corrected chi connectivity index (χ1v) is 6.20. The topological polar surface area (TPSA) is 67.4 Å². The monoisotopic (exact) mass is 323 g/mol. The Morgan fingerprint density at radius 2 is 1.80 bits per heavy atom. The number of piperazine rings is 1. The molecule has 8 heteroatoms. The molecule has 1 fully saturated rings. The van der Waals surface area contributed by atoms with Crippen molar-refractivity contribution in [1.82, 2.24) is 14.7 Å². The molecule has 0 atom stereocenters. The summed E-state index contributed by atoms with van der Waals surface area (Å²) >= 11 is 0. The molecule has 1 aromatic heterocycles. The van der Waals surface area contributed by atoms with E-state index in [1.54, 1.807) is 18.5 Å². The van der Waals surface area contributed by atoms with E-state index >= 15 is 0 Å². The van der Waals surface area contributed by atoms with Gasteiger partial charge in [0.2, 0.25) is 5.91 Å². The van der Waals surface area contributed by atoms with E-state index in [1.807, 2.05) is 24.3 Å². The molecule has 20 heavy (non-hydrogen) atoms. The third-order valence-electron chi connectivity index (χ3n) is 3.17. The van der Waals surface area contributed by atoms with Crippen molar-refractivity contribution in [3.05, 3.63) is 12.4 Å². The zero-order valence-corrected chi connectivity index (χ0v) is 13.7. The fourth-order valence-electron chi connectivity index (χ4n) is 2.15. The maximum atomic E-state index is 12.0. The number of nitrogens with two attached hydrogens (primary N) is 1. The molecule has 2 heterocycles. The zero-order valence-electron chi connectivity index (χ0n) is 12.1. The zero-order chi connectivity index (χ0) is 13.3. The standard InChI is InChI=1S/C12H21N5O.2ClH/c1-12(2,13)11(18)17-6-4-16(5-7-17)10-8-14-15(3)9-10;;/h8-9H,4-7,13H2,1-3H3;2*1H. The van der Waals surface area contributed by atoms with Gasteiger partial charge in [-0.2, -0.15) is 5.10 Å². The Kier molecular flexibility index (Phi) is 6.80. The summed E-state index contributed by atoms with van der Waals surface area (Å²) < 4.78 is 1.79. The Hall–Kier alpha value is -0.980. The molecule has 0 bridgehead atoms. The quantitative estimate of drug-likeness (QED) is 0.867. The maximum absolute atomic E-state index is 12.0. The van der Waals surface area contributed by atoms with E-state index in [2.05, 4.69) is 10.00 Å². The number of rotatable bonds is 2. The summed E-state index contributed by atoms with van der Waals surface area (Å²) in [5, 5.41) is 4.16. The van der Waals surface area contributed by atoms with Gasteiger partial charge in [0.25, 0.3) is 0 Å². The fourth-order valence-corrected chi connectivity index (χ4v) is 2.15. The van der Waals surface area contributed by atoms with Crippen molar-refractivity contribution >= 4 is 36.4 Å². The van der Waals surface area contributed by atoms with Gasteiger partial charge < -0.3 is 15.5 Å². The minimum Gasteiger partial charge on any atom is -0.365 e. The van der Waals surface area contributed by atoms with Crippen molar-refractivity contribution in [2.75, 3.05) is 31.1 Å². The van der Waals surface area contributed by atoms with Crippen molar-refractivity contribution in [3.63, 3.8) is 0 Å². The maximum Gasteiger partial charge on any atom is 0.242 e. The molecule has 1 amide bonds. The summed E-state index contributed by atoms with van der Waals surface area (Å²) in [6.07, 6.45) is 3.84. The SMILES string of the molecule is Cl.Cl.Cn1cc(N2CCN(C(=O)C(C)(C)N)CC2)cn1. The second kappa shape index (κ2) is 7.15. The van der Waals surface area contributed by atoms with Crippen molar-refractivity contribution in [2.24, 2.45) is 12.8 Å². The van der Waals surface area contributed by atoms with Gasteiger partial charge in [-0.15, -0.1) is 24.8 Å². The number of hydrogen-bond acceptors (Lipinski definition) is 4. The van der Waals surface area contributed by atoms with Crippen LogP contribution in [-0.2, 0) is 11.8 Å². The third kappa shape index (κ3) is 4.26. The highest BCUT2D eigenvalue weighted by atomic mass is 35.5. The predicted octanol–water partition coefficient (Wildman–Crippen LogP) is 0.650. The Morgan fingerprint density at radius 3 is 2.20 bits per heavy atom. The van der Waals surface area contributed by atoms with Gasteiger partial charge >= 0.3 is 0 Å². The van der Waals surface area contributed by atoms with E-state index in [4.69, 9.17) is 5.73 Å². The lowest BCUT2D eigenvalue weighted by atomic mass is 10.0. The van der Waals surface area contributed by atoms with E-state index < -0.39 is 5.54 Å². The number of carbonyl (C=O) groups is 1. The molecule has 0 spiro atoms. The van der Waals surface area contributed by atoms with E-state index in [1.165, 1.54) is 0 Å². The summed E-state index contributed by atoms with van der Waals surface area (Å²) in [5.74, 6) is 0.0216. The number of aromatic nitrogens is 2. The average Bonchev–Trinajstić information content (AvgIpc) is 2.74. The van der Waals surface area contributed by atoms with E-state index in [-0.39, 0.29) is 30.7 Å². The highest BCUT2D eigenvalue weighted by Crippen LogP contribution is 2.16. The van der Waals surface area contributed by atoms with E-state index in [9.17, 15) is 4.79 Å². The van der Waals surface area contributed by atoms with Gasteiger partial charge in [0.05, 0.1) is 17.4 Å². The normalized spacial score (nSPS) is 15.4. The van der Waals surface area contributed by atoms with Crippen molar-refractivity contribution in [3.8, 4) is 0 Å². The molecule has 1 aromatic rings. The van der Waals surface area contributed by atoms with Gasteiger partial charge in [0, 0.05) is 39.4 Å². The number of aryl methyl sites for hydroxylation is 1. The van der Waals surface area contributed by atoms with Gasteiger partial charge in [-0.1, -0.05) is 0 Å². The number of nitrogens with zero attached hydrogens (tertiary/aromatic N) is 4. The van der Waals surface area contributed by atoms with Crippen LogP contribution < -0.4 is 10.6 Å². The van der Waals surface area contributed by atoms with Crippen molar-refractivity contribution < 1.29 is 4.79 Å². The largest absolute Gasteiger partial charge is 0.365 e. The number of hydrogen-bond donors (Lipinski definition) is 1. The Bertz CT molecular complexity index is 435. The van der Waals surface area contributed by atoms with Gasteiger partial charge in [-0.05, 0) is 13.8 Å². The lowest BCUT2D eigenvalue weighted by Crippen LogP contribution is -2.57. The van der Waals surface area contributed by atoms with E-state index in [0.717, 1.165) is 18.8 Å². The third-order valence-corrected chi connectivity index (χ3v) is 3.17. The molecule has 116 valence electrons. The molecule has 0 aromatic carbocycles. The molecule has 0 unspecified atom stereocenters. The van der Waals surface area contributed by atoms with Crippen LogP contribution in [0.15, 0.2) is 12.4 Å². The highest BCUT2D eigenvalue weighted by Gasteiger charge is 2.30. The minimum absolute atomic E-state index is 0. The second-order valence-electron chi connectivity index (χ2n) is 5.37. The highest BCUT2D eigenvalue weighted by molar-refractivity contribution is 5.86. The molecule has 0 saturated carbocycles. The molecular weight excluding hydrogens is 301 g/mol. The van der Waals surface area contributed by atoms with E-state index in [0.29, 0.717) is 13.1 Å². The number of carbonyl (C=O) groups excluding carboxylic acids is 1. The molecule has 6 nitrogen and oxygen atoms in total. The molecule has 1 aliphatic heterocycles. The molecular formula is C12H23Cl2N5O. The summed E-state index contributed by atoms with van der Waals surface area (Å²) in [5.41, 5.74) is 6.17. The summed E-state index contributed by atoms with van der Waals surface area (Å²) in [6, 6.07) is 0. The Morgan fingerprint density at radius 1 is 1.25 bits per heavy atom.